The number of fused-ring (bicyclic) bond motifs is 1. The van der Waals surface area contributed by atoms with E-state index >= 15 is 0 Å². The number of ketones is 1. The Kier molecular flexibility index (Phi) is 3.79. The second-order valence-corrected chi connectivity index (χ2v) is 4.78. The minimum absolute atomic E-state index is 0.0533. The summed E-state index contributed by atoms with van der Waals surface area (Å²) in [6.45, 7) is 3.45. The topological polar surface area (TPSA) is 62.0 Å². The maximum atomic E-state index is 12.5. The van der Waals surface area contributed by atoms with Crippen molar-refractivity contribution in [2.24, 2.45) is 0 Å². The van der Waals surface area contributed by atoms with E-state index in [-0.39, 0.29) is 17.4 Å². The van der Waals surface area contributed by atoms with Crippen molar-refractivity contribution in [1.29, 1.82) is 0 Å². The molecule has 20 heavy (non-hydrogen) atoms. The quantitative estimate of drug-likeness (QED) is 0.868. The van der Waals surface area contributed by atoms with E-state index in [2.05, 4.69) is 0 Å². The summed E-state index contributed by atoms with van der Waals surface area (Å²) in [5.41, 5.74) is 0.896. The molecule has 2 heterocycles. The third-order valence-electron chi connectivity index (χ3n) is 3.58. The van der Waals surface area contributed by atoms with Gasteiger partial charge in [-0.3, -0.25) is 9.59 Å². The highest BCUT2D eigenvalue weighted by molar-refractivity contribution is 6.07. The van der Waals surface area contributed by atoms with Gasteiger partial charge >= 0.3 is 0 Å². The SMILES string of the molecule is CCC(=O)N(C)C(C)C(=O)c1ccn2cccc(O)c12. The standard InChI is InChI=1S/C15H18N2O3/c1-4-13(19)16(3)10(2)15(20)11-7-9-17-8-5-6-12(18)14(11)17/h5-10,18H,4H2,1-3H3. The maximum absolute atomic E-state index is 12.5. The van der Waals surface area contributed by atoms with E-state index in [0.717, 1.165) is 0 Å². The molecule has 0 aliphatic heterocycles. The van der Waals surface area contributed by atoms with Crippen LogP contribution in [0.3, 0.4) is 0 Å². The molecule has 2 aromatic heterocycles. The number of aromatic hydroxyl groups is 1. The predicted octanol–water partition coefficient (Wildman–Crippen LogP) is 2.08. The van der Waals surface area contributed by atoms with Crippen molar-refractivity contribution >= 4 is 17.2 Å². The van der Waals surface area contributed by atoms with Crippen LogP contribution in [-0.4, -0.2) is 39.2 Å². The van der Waals surface area contributed by atoms with Crippen molar-refractivity contribution < 1.29 is 14.7 Å². The summed E-state index contributed by atoms with van der Waals surface area (Å²) in [6, 6.07) is 4.34. The van der Waals surface area contributed by atoms with Gasteiger partial charge in [-0.25, -0.2) is 0 Å². The number of likely N-dealkylation sites (N-methyl/N-ethyl adjacent to an activating group) is 1. The molecule has 0 aromatic carbocycles. The summed E-state index contributed by atoms with van der Waals surface area (Å²) >= 11 is 0. The van der Waals surface area contributed by atoms with Crippen LogP contribution in [0.1, 0.15) is 30.6 Å². The van der Waals surface area contributed by atoms with Crippen LogP contribution in [0.15, 0.2) is 30.6 Å². The smallest absolute Gasteiger partial charge is 0.222 e. The van der Waals surface area contributed by atoms with Crippen LogP contribution in [0.25, 0.3) is 5.52 Å². The first-order valence-corrected chi connectivity index (χ1v) is 6.55. The summed E-state index contributed by atoms with van der Waals surface area (Å²) in [6.07, 6.45) is 3.84. The van der Waals surface area contributed by atoms with E-state index in [1.54, 1.807) is 49.8 Å². The van der Waals surface area contributed by atoms with Crippen molar-refractivity contribution in [2.45, 2.75) is 26.3 Å². The molecule has 1 atom stereocenters. The molecule has 106 valence electrons. The molecule has 5 nitrogen and oxygen atoms in total. The van der Waals surface area contributed by atoms with Gasteiger partial charge in [0.2, 0.25) is 5.91 Å². The van der Waals surface area contributed by atoms with Gasteiger partial charge in [-0.15, -0.1) is 0 Å². The summed E-state index contributed by atoms with van der Waals surface area (Å²) in [4.78, 5) is 25.6. The zero-order valence-corrected chi connectivity index (χ0v) is 11.8. The van der Waals surface area contributed by atoms with E-state index in [1.807, 2.05) is 0 Å². The molecule has 0 aliphatic rings. The third-order valence-corrected chi connectivity index (χ3v) is 3.58. The van der Waals surface area contributed by atoms with Crippen molar-refractivity contribution in [3.05, 3.63) is 36.2 Å². The first-order valence-electron chi connectivity index (χ1n) is 6.55. The van der Waals surface area contributed by atoms with E-state index in [4.69, 9.17) is 0 Å². The van der Waals surface area contributed by atoms with Gasteiger partial charge in [-0.1, -0.05) is 6.92 Å². The molecule has 5 heteroatoms. The van der Waals surface area contributed by atoms with Crippen molar-refractivity contribution in [2.75, 3.05) is 7.05 Å². The minimum Gasteiger partial charge on any atom is -0.506 e. The monoisotopic (exact) mass is 274 g/mol. The molecule has 0 spiro atoms. The van der Waals surface area contributed by atoms with Gasteiger partial charge in [-0.2, -0.15) is 0 Å². The maximum Gasteiger partial charge on any atom is 0.222 e. The number of carbonyl (C=O) groups excluding carboxylic acids is 2. The molecule has 2 rings (SSSR count). The summed E-state index contributed by atoms with van der Waals surface area (Å²) < 4.78 is 1.69. The summed E-state index contributed by atoms with van der Waals surface area (Å²) in [7, 11) is 1.62. The van der Waals surface area contributed by atoms with Gasteiger partial charge < -0.3 is 14.4 Å². The molecule has 0 aliphatic carbocycles. The average molecular weight is 274 g/mol. The highest BCUT2D eigenvalue weighted by Gasteiger charge is 2.25. The van der Waals surface area contributed by atoms with E-state index in [1.165, 1.54) is 11.0 Å². The first kappa shape index (κ1) is 14.1. The lowest BCUT2D eigenvalue weighted by Gasteiger charge is -2.23. The van der Waals surface area contributed by atoms with Gasteiger partial charge in [-0.05, 0) is 25.1 Å². The van der Waals surface area contributed by atoms with E-state index in [0.29, 0.717) is 17.5 Å². The van der Waals surface area contributed by atoms with Crippen LogP contribution in [0.5, 0.6) is 5.75 Å². The van der Waals surface area contributed by atoms with Crippen LogP contribution in [0.4, 0.5) is 0 Å². The van der Waals surface area contributed by atoms with Crippen molar-refractivity contribution in [3.8, 4) is 5.75 Å². The molecule has 0 fully saturated rings. The third kappa shape index (κ3) is 2.27. The second-order valence-electron chi connectivity index (χ2n) is 4.78. The van der Waals surface area contributed by atoms with E-state index in [9.17, 15) is 14.7 Å². The number of hydrogen-bond donors (Lipinski definition) is 1. The Labute approximate surface area is 117 Å². The highest BCUT2D eigenvalue weighted by Crippen LogP contribution is 2.24. The average Bonchev–Trinajstić information content (AvgIpc) is 2.89. The number of pyridine rings is 1. The largest absolute Gasteiger partial charge is 0.506 e. The Morgan fingerprint density at radius 2 is 2.05 bits per heavy atom. The molecule has 2 aromatic rings. The Bertz CT molecular complexity index is 660. The molecule has 0 saturated carbocycles. The molecule has 0 radical (unpaired) electrons. The number of rotatable bonds is 4. The molecular formula is C15H18N2O3. The Balaban J connectivity index is 2.39. The van der Waals surface area contributed by atoms with Gasteiger partial charge in [0.15, 0.2) is 5.78 Å². The fourth-order valence-corrected chi connectivity index (χ4v) is 2.21. The number of carbonyl (C=O) groups is 2. The van der Waals surface area contributed by atoms with E-state index < -0.39 is 6.04 Å². The Morgan fingerprint density at radius 1 is 1.35 bits per heavy atom. The summed E-state index contributed by atoms with van der Waals surface area (Å²) in [5.74, 6) is -0.214. The zero-order valence-electron chi connectivity index (χ0n) is 11.8. The number of nitrogens with zero attached hydrogens (tertiary/aromatic N) is 2. The van der Waals surface area contributed by atoms with Crippen LogP contribution in [0.2, 0.25) is 0 Å². The Morgan fingerprint density at radius 3 is 2.70 bits per heavy atom. The first-order chi connectivity index (χ1) is 9.47. The molecule has 1 N–H and O–H groups in total. The molecule has 1 unspecified atom stereocenters. The normalized spacial score (nSPS) is 12.3. The van der Waals surface area contributed by atoms with Crippen LogP contribution in [-0.2, 0) is 4.79 Å². The molecule has 1 amide bonds. The highest BCUT2D eigenvalue weighted by atomic mass is 16.3. The number of Topliss-reactive ketones (excluding diaryl/α,β-unsaturated/α-hetero) is 1. The molecule has 0 saturated heterocycles. The Hall–Kier alpha value is -2.30. The minimum atomic E-state index is -0.562. The van der Waals surface area contributed by atoms with Crippen LogP contribution >= 0.6 is 0 Å². The number of amides is 1. The molecular weight excluding hydrogens is 256 g/mol. The van der Waals surface area contributed by atoms with Gasteiger partial charge in [0.25, 0.3) is 0 Å². The molecule has 0 bridgehead atoms. The number of aromatic nitrogens is 1. The number of hydrogen-bond acceptors (Lipinski definition) is 3. The van der Waals surface area contributed by atoms with Crippen molar-refractivity contribution in [3.63, 3.8) is 0 Å². The van der Waals surface area contributed by atoms with Crippen molar-refractivity contribution in [1.82, 2.24) is 9.30 Å². The lowest BCUT2D eigenvalue weighted by atomic mass is 10.1. The lowest BCUT2D eigenvalue weighted by Crippen LogP contribution is -2.40. The second kappa shape index (κ2) is 5.36. The zero-order chi connectivity index (χ0) is 14.9. The van der Waals surface area contributed by atoms with Crippen LogP contribution in [0, 0.1) is 0 Å². The summed E-state index contributed by atoms with van der Waals surface area (Å²) in [5, 5.41) is 9.91. The lowest BCUT2D eigenvalue weighted by molar-refractivity contribution is -0.130. The van der Waals surface area contributed by atoms with Gasteiger partial charge in [0.05, 0.1) is 11.6 Å². The predicted molar refractivity (Wildman–Crippen MR) is 75.9 cm³/mol. The fourth-order valence-electron chi connectivity index (χ4n) is 2.21. The fraction of sp³-hybridized carbons (Fsp3) is 0.333. The van der Waals surface area contributed by atoms with Crippen LogP contribution < -0.4 is 0 Å². The van der Waals surface area contributed by atoms with Gasteiger partial charge in [0, 0.05) is 31.4 Å². The van der Waals surface area contributed by atoms with Gasteiger partial charge in [0.1, 0.15) is 5.75 Å².